The fourth-order valence-corrected chi connectivity index (χ4v) is 3.78. The Hall–Kier alpha value is -3.56. The molecule has 9 nitrogen and oxygen atoms in total. The van der Waals surface area contributed by atoms with Crippen LogP contribution >= 0.6 is 0 Å². The van der Waals surface area contributed by atoms with Gasteiger partial charge in [0.1, 0.15) is 17.7 Å². The van der Waals surface area contributed by atoms with Crippen LogP contribution in [-0.2, 0) is 4.79 Å². The standard InChI is InChI=1S/C25H32N4O5/c1-15-11-17(13-22(32-3)24(15)33-4)23-18(14-34-29-23)16-8-9-21(31-2)20(12-16)28-25(30)19(27)7-5-6-10-26/h8-9,11-14,19H,5-7,10,26-27H2,1-4H3,(H,28,30). The topological polar surface area (TPSA) is 135 Å². The van der Waals surface area contributed by atoms with Crippen molar-refractivity contribution in [2.75, 3.05) is 33.2 Å². The van der Waals surface area contributed by atoms with Crippen LogP contribution in [0.4, 0.5) is 5.69 Å². The van der Waals surface area contributed by atoms with Gasteiger partial charge in [-0.25, -0.2) is 0 Å². The van der Waals surface area contributed by atoms with Gasteiger partial charge in [0, 0.05) is 11.1 Å². The van der Waals surface area contributed by atoms with Gasteiger partial charge >= 0.3 is 0 Å². The minimum atomic E-state index is -0.638. The van der Waals surface area contributed by atoms with E-state index in [0.29, 0.717) is 41.6 Å². The minimum absolute atomic E-state index is 0.284. The summed E-state index contributed by atoms with van der Waals surface area (Å²) in [7, 11) is 4.73. The van der Waals surface area contributed by atoms with Crippen LogP contribution in [0.3, 0.4) is 0 Å². The zero-order chi connectivity index (χ0) is 24.7. The van der Waals surface area contributed by atoms with Crippen molar-refractivity contribution < 1.29 is 23.5 Å². The molecule has 1 amide bonds. The molecule has 1 aromatic heterocycles. The summed E-state index contributed by atoms with van der Waals surface area (Å²) >= 11 is 0. The van der Waals surface area contributed by atoms with Crippen LogP contribution in [0.5, 0.6) is 17.2 Å². The van der Waals surface area contributed by atoms with Gasteiger partial charge in [-0.05, 0) is 61.7 Å². The molecule has 2 aromatic carbocycles. The number of methoxy groups -OCH3 is 3. The monoisotopic (exact) mass is 468 g/mol. The van der Waals surface area contributed by atoms with E-state index in [1.807, 2.05) is 31.2 Å². The maximum atomic E-state index is 12.6. The number of nitrogens with two attached hydrogens (primary N) is 2. The zero-order valence-electron chi connectivity index (χ0n) is 20.0. The van der Waals surface area contributed by atoms with Crippen molar-refractivity contribution in [2.24, 2.45) is 11.5 Å². The number of rotatable bonds is 11. The second-order valence-corrected chi connectivity index (χ2v) is 7.90. The molecule has 3 aromatic rings. The molecule has 5 N–H and O–H groups in total. The third kappa shape index (κ3) is 5.49. The quantitative estimate of drug-likeness (QED) is 0.362. The predicted octanol–water partition coefficient (Wildman–Crippen LogP) is 3.74. The van der Waals surface area contributed by atoms with Gasteiger partial charge in [-0.1, -0.05) is 17.6 Å². The van der Waals surface area contributed by atoms with Crippen LogP contribution in [-0.4, -0.2) is 45.0 Å². The predicted molar refractivity (Wildman–Crippen MR) is 131 cm³/mol. The molecule has 1 heterocycles. The highest BCUT2D eigenvalue weighted by atomic mass is 16.5. The van der Waals surface area contributed by atoms with Crippen molar-refractivity contribution >= 4 is 11.6 Å². The molecule has 0 aliphatic rings. The lowest BCUT2D eigenvalue weighted by Crippen LogP contribution is -2.35. The fraction of sp³-hybridized carbons (Fsp3) is 0.360. The number of carbonyl (C=O) groups excluding carboxylic acids is 1. The highest BCUT2D eigenvalue weighted by Gasteiger charge is 2.20. The number of carbonyl (C=O) groups is 1. The summed E-state index contributed by atoms with van der Waals surface area (Å²) in [6.07, 6.45) is 3.73. The summed E-state index contributed by atoms with van der Waals surface area (Å²) in [6.45, 7) is 2.51. The average Bonchev–Trinajstić information content (AvgIpc) is 3.33. The Kier molecular flexibility index (Phi) is 8.50. The van der Waals surface area contributed by atoms with Crippen LogP contribution in [0.1, 0.15) is 24.8 Å². The number of benzene rings is 2. The maximum absolute atomic E-state index is 12.6. The first-order chi connectivity index (χ1) is 16.4. The van der Waals surface area contributed by atoms with Gasteiger partial charge in [0.15, 0.2) is 11.5 Å². The Labute approximate surface area is 199 Å². The number of ether oxygens (including phenoxy) is 3. The van der Waals surface area contributed by atoms with Crippen molar-refractivity contribution in [1.82, 2.24) is 5.16 Å². The van der Waals surface area contributed by atoms with Gasteiger partial charge in [0.25, 0.3) is 0 Å². The molecule has 0 bridgehead atoms. The lowest BCUT2D eigenvalue weighted by atomic mass is 9.99. The molecule has 0 aliphatic heterocycles. The normalized spacial score (nSPS) is 11.7. The fourth-order valence-electron chi connectivity index (χ4n) is 3.78. The molecule has 182 valence electrons. The molecule has 1 unspecified atom stereocenters. The van der Waals surface area contributed by atoms with Crippen LogP contribution in [0.15, 0.2) is 41.1 Å². The number of hydrogen-bond donors (Lipinski definition) is 3. The zero-order valence-corrected chi connectivity index (χ0v) is 20.0. The molecule has 3 rings (SSSR count). The Morgan fingerprint density at radius 1 is 1.06 bits per heavy atom. The number of anilines is 1. The van der Waals surface area contributed by atoms with Crippen molar-refractivity contribution in [3.05, 3.63) is 42.2 Å². The van der Waals surface area contributed by atoms with E-state index in [9.17, 15) is 4.79 Å². The summed E-state index contributed by atoms with van der Waals surface area (Å²) in [6, 6.07) is 8.63. The van der Waals surface area contributed by atoms with Crippen LogP contribution < -0.4 is 31.0 Å². The van der Waals surface area contributed by atoms with E-state index in [4.69, 9.17) is 30.2 Å². The molecule has 0 spiro atoms. The number of unbranched alkanes of at least 4 members (excludes halogenated alkanes) is 1. The lowest BCUT2D eigenvalue weighted by molar-refractivity contribution is -0.117. The number of aromatic nitrogens is 1. The second-order valence-electron chi connectivity index (χ2n) is 7.90. The molecule has 34 heavy (non-hydrogen) atoms. The number of nitrogens with zero attached hydrogens (tertiary/aromatic N) is 1. The smallest absolute Gasteiger partial charge is 0.241 e. The van der Waals surface area contributed by atoms with Gasteiger partial charge in [-0.2, -0.15) is 0 Å². The summed E-state index contributed by atoms with van der Waals surface area (Å²) < 4.78 is 21.7. The van der Waals surface area contributed by atoms with E-state index >= 15 is 0 Å². The van der Waals surface area contributed by atoms with Gasteiger partial charge in [0.2, 0.25) is 5.91 Å². The highest BCUT2D eigenvalue weighted by Crippen LogP contribution is 2.40. The van der Waals surface area contributed by atoms with Crippen LogP contribution in [0, 0.1) is 6.92 Å². The van der Waals surface area contributed by atoms with E-state index in [2.05, 4.69) is 10.5 Å². The van der Waals surface area contributed by atoms with Crippen molar-refractivity contribution in [3.63, 3.8) is 0 Å². The Morgan fingerprint density at radius 2 is 1.82 bits per heavy atom. The average molecular weight is 469 g/mol. The van der Waals surface area contributed by atoms with E-state index in [1.165, 1.54) is 0 Å². The van der Waals surface area contributed by atoms with E-state index < -0.39 is 6.04 Å². The molecule has 1 atom stereocenters. The Balaban J connectivity index is 1.94. The van der Waals surface area contributed by atoms with E-state index in [-0.39, 0.29) is 5.91 Å². The lowest BCUT2D eigenvalue weighted by Gasteiger charge is -2.16. The van der Waals surface area contributed by atoms with E-state index in [1.54, 1.807) is 33.7 Å². The molecular weight excluding hydrogens is 436 g/mol. The third-order valence-electron chi connectivity index (χ3n) is 5.58. The first kappa shape index (κ1) is 25.1. The number of hydrogen-bond acceptors (Lipinski definition) is 8. The first-order valence-corrected chi connectivity index (χ1v) is 11.1. The number of aryl methyl sites for hydroxylation is 1. The number of amides is 1. The van der Waals surface area contributed by atoms with Gasteiger partial charge < -0.3 is 35.5 Å². The van der Waals surface area contributed by atoms with Gasteiger partial charge in [-0.15, -0.1) is 0 Å². The summed E-state index contributed by atoms with van der Waals surface area (Å²) in [5.74, 6) is 1.49. The van der Waals surface area contributed by atoms with E-state index in [0.717, 1.165) is 35.1 Å². The summed E-state index contributed by atoms with van der Waals surface area (Å²) in [5, 5.41) is 7.10. The summed E-state index contributed by atoms with van der Waals surface area (Å²) in [5.41, 5.74) is 16.0. The maximum Gasteiger partial charge on any atom is 0.241 e. The van der Waals surface area contributed by atoms with Gasteiger partial charge in [0.05, 0.1) is 33.1 Å². The first-order valence-electron chi connectivity index (χ1n) is 11.1. The molecular formula is C25H32N4O5. The third-order valence-corrected chi connectivity index (χ3v) is 5.58. The molecule has 0 aliphatic carbocycles. The minimum Gasteiger partial charge on any atom is -0.495 e. The Morgan fingerprint density at radius 3 is 2.50 bits per heavy atom. The van der Waals surface area contributed by atoms with Crippen molar-refractivity contribution in [2.45, 2.75) is 32.2 Å². The van der Waals surface area contributed by atoms with Crippen molar-refractivity contribution in [1.29, 1.82) is 0 Å². The molecule has 0 saturated carbocycles. The number of nitrogens with one attached hydrogen (secondary N) is 1. The largest absolute Gasteiger partial charge is 0.495 e. The van der Waals surface area contributed by atoms with Crippen LogP contribution in [0.25, 0.3) is 22.4 Å². The molecule has 9 heteroatoms. The van der Waals surface area contributed by atoms with Crippen molar-refractivity contribution in [3.8, 4) is 39.6 Å². The SMILES string of the molecule is COc1ccc(-c2conc2-c2cc(C)c(OC)c(OC)c2)cc1NC(=O)C(N)CCCCN. The van der Waals surface area contributed by atoms with Crippen LogP contribution in [0.2, 0.25) is 0 Å². The molecule has 0 fully saturated rings. The highest BCUT2D eigenvalue weighted by molar-refractivity contribution is 5.97. The van der Waals surface area contributed by atoms with Gasteiger partial charge in [-0.3, -0.25) is 4.79 Å². The molecule has 0 saturated heterocycles. The summed E-state index contributed by atoms with van der Waals surface area (Å²) in [4.78, 5) is 12.6. The molecule has 0 radical (unpaired) electrons. The Bertz CT molecular complexity index is 1130. The second kappa shape index (κ2) is 11.5.